The van der Waals surface area contributed by atoms with Crippen molar-refractivity contribution < 1.29 is 14.4 Å². The molecule has 5 nitrogen and oxygen atoms in total. The van der Waals surface area contributed by atoms with Crippen LogP contribution in [0.25, 0.3) is 0 Å². The highest BCUT2D eigenvalue weighted by atomic mass is 16.5. The van der Waals surface area contributed by atoms with Crippen molar-refractivity contribution in [1.29, 1.82) is 0 Å². The summed E-state index contributed by atoms with van der Waals surface area (Å²) in [6, 6.07) is 18.4. The highest BCUT2D eigenvalue weighted by molar-refractivity contribution is 5.77. The molecule has 3 rings (SSSR count). The van der Waals surface area contributed by atoms with Crippen LogP contribution in [-0.2, 0) is 4.79 Å². The lowest BCUT2D eigenvalue weighted by atomic mass is 10.1. The Hall–Kier alpha value is -2.53. The number of anilines is 1. The van der Waals surface area contributed by atoms with Gasteiger partial charge in [-0.05, 0) is 24.6 Å². The van der Waals surface area contributed by atoms with Gasteiger partial charge in [0.05, 0.1) is 45.0 Å². The average molecular weight is 369 g/mol. The van der Waals surface area contributed by atoms with Gasteiger partial charge >= 0.3 is 0 Å². The van der Waals surface area contributed by atoms with Crippen molar-refractivity contribution in [1.82, 2.24) is 4.90 Å². The molecule has 1 saturated heterocycles. The van der Waals surface area contributed by atoms with Gasteiger partial charge in [-0.2, -0.15) is 0 Å². The number of piperazine rings is 1. The molecule has 0 radical (unpaired) electrons. The Morgan fingerprint density at radius 1 is 1.11 bits per heavy atom. The molecule has 27 heavy (non-hydrogen) atoms. The molecular formula is C22H30N3O2+. The lowest BCUT2D eigenvalue weighted by molar-refractivity contribution is -0.892. The summed E-state index contributed by atoms with van der Waals surface area (Å²) in [7, 11) is 3.62. The Labute approximate surface area is 162 Å². The molecule has 1 fully saturated rings. The third kappa shape index (κ3) is 4.61. The quantitative estimate of drug-likeness (QED) is 0.842. The van der Waals surface area contributed by atoms with E-state index in [-0.39, 0.29) is 11.9 Å². The molecular weight excluding hydrogens is 338 g/mol. The van der Waals surface area contributed by atoms with Gasteiger partial charge in [0.15, 0.2) is 6.54 Å². The highest BCUT2D eigenvalue weighted by Crippen LogP contribution is 2.27. The van der Waals surface area contributed by atoms with Gasteiger partial charge in [-0.25, -0.2) is 0 Å². The van der Waals surface area contributed by atoms with Crippen LogP contribution in [0.2, 0.25) is 0 Å². The van der Waals surface area contributed by atoms with Crippen molar-refractivity contribution in [3.63, 3.8) is 0 Å². The van der Waals surface area contributed by atoms with E-state index in [1.54, 1.807) is 7.11 Å². The second-order valence-electron chi connectivity index (χ2n) is 7.18. The van der Waals surface area contributed by atoms with E-state index in [0.29, 0.717) is 6.54 Å². The maximum atomic E-state index is 12.7. The molecule has 2 aromatic rings. The summed E-state index contributed by atoms with van der Waals surface area (Å²) >= 11 is 0. The maximum absolute atomic E-state index is 12.7. The summed E-state index contributed by atoms with van der Waals surface area (Å²) in [5, 5.41) is 0. The van der Waals surface area contributed by atoms with E-state index in [2.05, 4.69) is 30.0 Å². The fourth-order valence-corrected chi connectivity index (χ4v) is 3.64. The summed E-state index contributed by atoms with van der Waals surface area (Å²) in [4.78, 5) is 18.3. The summed E-state index contributed by atoms with van der Waals surface area (Å²) < 4.78 is 5.48. The number of ether oxygens (including phenoxy) is 1. The lowest BCUT2D eigenvalue weighted by Crippen LogP contribution is -3.15. The van der Waals surface area contributed by atoms with Gasteiger partial charge in [0.2, 0.25) is 0 Å². The average Bonchev–Trinajstić information content (AvgIpc) is 2.73. The number of quaternary nitrogens is 1. The number of carbonyl (C=O) groups excluding carboxylic acids is 1. The number of amides is 1. The number of nitrogens with one attached hydrogen (secondary N) is 1. The van der Waals surface area contributed by atoms with Crippen molar-refractivity contribution in [2.24, 2.45) is 0 Å². The second kappa shape index (κ2) is 8.91. The van der Waals surface area contributed by atoms with Gasteiger partial charge in [0, 0.05) is 7.05 Å². The number of para-hydroxylation sites is 2. The van der Waals surface area contributed by atoms with E-state index in [1.807, 2.05) is 48.3 Å². The van der Waals surface area contributed by atoms with Gasteiger partial charge in [-0.3, -0.25) is 4.79 Å². The molecule has 0 unspecified atom stereocenters. The number of nitrogens with zero attached hydrogens (tertiary/aromatic N) is 2. The first kappa shape index (κ1) is 19.2. The van der Waals surface area contributed by atoms with Crippen LogP contribution in [0.5, 0.6) is 5.75 Å². The van der Waals surface area contributed by atoms with Crippen LogP contribution in [0.15, 0.2) is 54.6 Å². The summed E-state index contributed by atoms with van der Waals surface area (Å²) in [5.74, 6) is 1.11. The maximum Gasteiger partial charge on any atom is 0.278 e. The molecule has 2 aromatic carbocycles. The van der Waals surface area contributed by atoms with Crippen molar-refractivity contribution in [2.45, 2.75) is 13.0 Å². The van der Waals surface area contributed by atoms with Crippen LogP contribution in [0, 0.1) is 0 Å². The number of rotatable bonds is 6. The predicted molar refractivity (Wildman–Crippen MR) is 108 cm³/mol. The van der Waals surface area contributed by atoms with E-state index in [9.17, 15) is 4.79 Å². The Kier molecular flexibility index (Phi) is 6.35. The van der Waals surface area contributed by atoms with E-state index in [4.69, 9.17) is 4.74 Å². The van der Waals surface area contributed by atoms with Crippen LogP contribution < -0.4 is 14.5 Å². The molecule has 1 amide bonds. The minimum atomic E-state index is 0.0907. The third-order valence-electron chi connectivity index (χ3n) is 5.55. The summed E-state index contributed by atoms with van der Waals surface area (Å²) in [6.45, 7) is 6.41. The van der Waals surface area contributed by atoms with Gasteiger partial charge < -0.3 is 19.4 Å². The van der Waals surface area contributed by atoms with E-state index in [1.165, 1.54) is 10.5 Å². The van der Waals surface area contributed by atoms with E-state index >= 15 is 0 Å². The highest BCUT2D eigenvalue weighted by Gasteiger charge is 2.26. The van der Waals surface area contributed by atoms with Crippen molar-refractivity contribution >= 4 is 11.6 Å². The molecule has 1 heterocycles. The number of carbonyl (C=O) groups is 1. The number of methoxy groups -OCH3 is 1. The molecule has 0 bridgehead atoms. The smallest absolute Gasteiger partial charge is 0.278 e. The largest absolute Gasteiger partial charge is 0.495 e. The van der Waals surface area contributed by atoms with Crippen LogP contribution in [0.4, 0.5) is 5.69 Å². The normalized spacial score (nSPS) is 16.0. The molecule has 0 aliphatic carbocycles. The minimum absolute atomic E-state index is 0.0907. The van der Waals surface area contributed by atoms with Gasteiger partial charge in [-0.15, -0.1) is 0 Å². The number of hydrogen-bond donors (Lipinski definition) is 1. The van der Waals surface area contributed by atoms with Crippen LogP contribution in [0.1, 0.15) is 18.5 Å². The molecule has 1 atom stereocenters. The SMILES string of the molecule is COc1ccccc1N1CC[NH+](CC(=O)N(C)[C@@H](C)c2ccccc2)CC1. The standard InChI is InChI=1S/C22H29N3O2/c1-18(19-9-5-4-6-10-19)23(2)22(26)17-24-13-15-25(16-14-24)20-11-7-8-12-21(20)27-3/h4-12,18H,13-17H2,1-3H3/p+1/t18-/m0/s1. The fraction of sp³-hybridized carbons (Fsp3) is 0.409. The summed E-state index contributed by atoms with van der Waals surface area (Å²) in [6.07, 6.45) is 0. The van der Waals surface area contributed by atoms with Crippen molar-refractivity contribution in [2.75, 3.05) is 51.8 Å². The molecule has 0 saturated carbocycles. The molecule has 0 aromatic heterocycles. The Balaban J connectivity index is 1.53. The van der Waals surface area contributed by atoms with E-state index in [0.717, 1.165) is 37.6 Å². The molecule has 0 spiro atoms. The predicted octanol–water partition coefficient (Wildman–Crippen LogP) is 1.62. The Morgan fingerprint density at radius 2 is 1.74 bits per heavy atom. The molecule has 1 aliphatic rings. The lowest BCUT2D eigenvalue weighted by Gasteiger charge is -2.35. The van der Waals surface area contributed by atoms with Gasteiger partial charge in [0.1, 0.15) is 5.75 Å². The molecule has 5 heteroatoms. The molecule has 1 aliphatic heterocycles. The Bertz CT molecular complexity index is 742. The number of benzene rings is 2. The molecule has 144 valence electrons. The van der Waals surface area contributed by atoms with Gasteiger partial charge in [-0.1, -0.05) is 42.5 Å². The van der Waals surface area contributed by atoms with Crippen molar-refractivity contribution in [3.8, 4) is 5.75 Å². The number of hydrogen-bond acceptors (Lipinski definition) is 3. The zero-order valence-corrected chi connectivity index (χ0v) is 16.5. The van der Waals surface area contributed by atoms with Crippen LogP contribution in [-0.4, -0.2) is 57.7 Å². The topological polar surface area (TPSA) is 37.2 Å². The van der Waals surface area contributed by atoms with Crippen LogP contribution >= 0.6 is 0 Å². The Morgan fingerprint density at radius 3 is 2.41 bits per heavy atom. The fourth-order valence-electron chi connectivity index (χ4n) is 3.64. The third-order valence-corrected chi connectivity index (χ3v) is 5.55. The summed E-state index contributed by atoms with van der Waals surface area (Å²) in [5.41, 5.74) is 2.31. The van der Waals surface area contributed by atoms with E-state index < -0.39 is 0 Å². The monoisotopic (exact) mass is 368 g/mol. The van der Waals surface area contributed by atoms with Crippen LogP contribution in [0.3, 0.4) is 0 Å². The minimum Gasteiger partial charge on any atom is -0.495 e. The first-order valence-corrected chi connectivity index (χ1v) is 9.62. The zero-order valence-electron chi connectivity index (χ0n) is 16.5. The second-order valence-corrected chi connectivity index (χ2v) is 7.18. The number of likely N-dealkylation sites (N-methyl/N-ethyl adjacent to an activating group) is 1. The zero-order chi connectivity index (χ0) is 19.2. The van der Waals surface area contributed by atoms with Gasteiger partial charge in [0.25, 0.3) is 5.91 Å². The molecule has 1 N–H and O–H groups in total. The first-order valence-electron chi connectivity index (χ1n) is 9.62. The first-order chi connectivity index (χ1) is 13.1. The van der Waals surface area contributed by atoms with Crippen molar-refractivity contribution in [3.05, 3.63) is 60.2 Å².